The molecule has 1 saturated heterocycles. The highest BCUT2D eigenvalue weighted by Gasteiger charge is 2.61. The van der Waals surface area contributed by atoms with E-state index < -0.39 is 44.7 Å². The molecule has 0 radical (unpaired) electrons. The first-order chi connectivity index (χ1) is 13.6. The van der Waals surface area contributed by atoms with Gasteiger partial charge in [-0.15, -0.1) is 0 Å². The van der Waals surface area contributed by atoms with Crippen molar-refractivity contribution >= 4 is 26.7 Å². The van der Waals surface area contributed by atoms with E-state index in [0.717, 1.165) is 27.2 Å². The van der Waals surface area contributed by atoms with Crippen LogP contribution < -0.4 is 0 Å². The summed E-state index contributed by atoms with van der Waals surface area (Å²) in [5, 5.41) is 0. The number of rotatable bonds is 11. The predicted molar refractivity (Wildman–Crippen MR) is 101 cm³/mol. The minimum Gasteiger partial charge on any atom is -0.454 e. The van der Waals surface area contributed by atoms with E-state index >= 15 is 0 Å². The predicted octanol–water partition coefficient (Wildman–Crippen LogP) is 2.20. The molecule has 1 rings (SSSR count). The van der Waals surface area contributed by atoms with E-state index in [2.05, 4.69) is 0 Å². The normalized spacial score (nSPS) is 18.4. The summed E-state index contributed by atoms with van der Waals surface area (Å²) < 4.78 is 39.1. The fourth-order valence-electron chi connectivity index (χ4n) is 2.79. The van der Waals surface area contributed by atoms with Crippen LogP contribution in [0.25, 0.3) is 0 Å². The Kier molecular flexibility index (Phi) is 10.2. The summed E-state index contributed by atoms with van der Waals surface area (Å²) in [7, 11) is -4.23. The number of carbonyl (C=O) groups excluding carboxylic acids is 3. The van der Waals surface area contributed by atoms with Gasteiger partial charge in [0.2, 0.25) is 0 Å². The molecule has 0 aliphatic carbocycles. The van der Waals surface area contributed by atoms with Gasteiger partial charge >= 0.3 is 8.80 Å². The number of hydrogen-bond donors (Lipinski definition) is 0. The molecule has 0 aromatic heterocycles. The first-order valence-electron chi connectivity index (χ1n) is 9.81. The fourth-order valence-corrected chi connectivity index (χ4v) is 5.33. The molecule has 0 saturated carbocycles. The lowest BCUT2D eigenvalue weighted by Crippen LogP contribution is -2.61. The summed E-state index contributed by atoms with van der Waals surface area (Å²) >= 11 is 0. The summed E-state index contributed by atoms with van der Waals surface area (Å²) in [5.74, 6) is -3.55. The fraction of sp³-hybridized carbons (Fsp3) is 0.833. The maximum absolute atomic E-state index is 11.7. The Labute approximate surface area is 172 Å². The highest BCUT2D eigenvalue weighted by Crippen LogP contribution is 2.30. The average Bonchev–Trinajstić information content (AvgIpc) is 2.63. The smallest absolute Gasteiger partial charge is 0.454 e. The van der Waals surface area contributed by atoms with Crippen molar-refractivity contribution in [1.29, 1.82) is 0 Å². The molecule has 1 heterocycles. The summed E-state index contributed by atoms with van der Waals surface area (Å²) in [6.45, 7) is 9.74. The molecule has 0 aromatic carbocycles. The largest absolute Gasteiger partial charge is 0.736 e. The van der Waals surface area contributed by atoms with Crippen molar-refractivity contribution in [3.63, 3.8) is 0 Å². The Morgan fingerprint density at radius 1 is 0.897 bits per heavy atom. The summed E-state index contributed by atoms with van der Waals surface area (Å²) in [5.41, 5.74) is -1.03. The van der Waals surface area contributed by atoms with Crippen molar-refractivity contribution in [2.75, 3.05) is 13.2 Å². The molecule has 0 spiro atoms. The third kappa shape index (κ3) is 7.66. The average molecular weight is 437 g/mol. The Hall–Kier alpha value is -1.53. The lowest BCUT2D eigenvalue weighted by Gasteiger charge is -2.39. The van der Waals surface area contributed by atoms with Gasteiger partial charge in [0.05, 0.1) is 13.2 Å². The number of hydrogen-bond acceptors (Lipinski definition) is 10. The maximum Gasteiger partial charge on any atom is 0.736 e. The van der Waals surface area contributed by atoms with Crippen molar-refractivity contribution in [2.45, 2.75) is 85.2 Å². The zero-order chi connectivity index (χ0) is 22.1. The SMILES string of the molecule is CCC(OC(CC)[Si](OC(C)=O)(OC(C)=O)OC(C)=O)OC1(CC)OCCCO1. The van der Waals surface area contributed by atoms with Gasteiger partial charge in [-0.05, 0) is 19.3 Å². The second kappa shape index (κ2) is 11.6. The summed E-state index contributed by atoms with van der Waals surface area (Å²) in [6, 6.07) is 0. The molecule has 168 valence electrons. The Morgan fingerprint density at radius 3 is 1.72 bits per heavy atom. The third-order valence-electron chi connectivity index (χ3n) is 3.95. The lowest BCUT2D eigenvalue weighted by atomic mass is 10.3. The van der Waals surface area contributed by atoms with Crippen molar-refractivity contribution in [1.82, 2.24) is 0 Å². The van der Waals surface area contributed by atoms with Crippen LogP contribution in [-0.2, 0) is 46.6 Å². The van der Waals surface area contributed by atoms with Gasteiger partial charge in [-0.2, -0.15) is 0 Å². The quantitative estimate of drug-likeness (QED) is 0.352. The van der Waals surface area contributed by atoms with E-state index in [9.17, 15) is 14.4 Å². The summed E-state index contributed by atoms with van der Waals surface area (Å²) in [4.78, 5) is 35.1. The van der Waals surface area contributed by atoms with E-state index in [1.54, 1.807) is 6.92 Å². The van der Waals surface area contributed by atoms with Crippen LogP contribution in [0.5, 0.6) is 0 Å². The van der Waals surface area contributed by atoms with Gasteiger partial charge in [0.25, 0.3) is 23.9 Å². The van der Waals surface area contributed by atoms with Gasteiger partial charge in [-0.1, -0.05) is 20.8 Å². The van der Waals surface area contributed by atoms with E-state index in [0.29, 0.717) is 26.1 Å². The monoisotopic (exact) mass is 436 g/mol. The minimum atomic E-state index is -4.23. The number of carbonyl (C=O) groups is 3. The van der Waals surface area contributed by atoms with Crippen molar-refractivity contribution < 1.29 is 46.6 Å². The van der Waals surface area contributed by atoms with Gasteiger partial charge < -0.3 is 27.5 Å². The van der Waals surface area contributed by atoms with Crippen LogP contribution in [0, 0.1) is 0 Å². The highest BCUT2D eigenvalue weighted by atomic mass is 28.4. The molecule has 10 nitrogen and oxygen atoms in total. The molecule has 2 atom stereocenters. The molecule has 2 unspecified atom stereocenters. The molecule has 0 N–H and O–H groups in total. The van der Waals surface area contributed by atoms with Gasteiger partial charge in [0, 0.05) is 27.2 Å². The van der Waals surface area contributed by atoms with Gasteiger partial charge in [0.1, 0.15) is 0 Å². The van der Waals surface area contributed by atoms with Crippen LogP contribution in [0.1, 0.15) is 67.2 Å². The van der Waals surface area contributed by atoms with E-state index in [-0.39, 0.29) is 6.42 Å². The lowest BCUT2D eigenvalue weighted by molar-refractivity contribution is -0.436. The van der Waals surface area contributed by atoms with Crippen LogP contribution in [0.15, 0.2) is 0 Å². The van der Waals surface area contributed by atoms with Crippen LogP contribution >= 0.6 is 0 Å². The van der Waals surface area contributed by atoms with Gasteiger partial charge in [-0.3, -0.25) is 19.1 Å². The van der Waals surface area contributed by atoms with Gasteiger partial charge in [0.15, 0.2) is 12.0 Å². The molecule has 11 heteroatoms. The van der Waals surface area contributed by atoms with Crippen LogP contribution in [0.3, 0.4) is 0 Å². The zero-order valence-corrected chi connectivity index (χ0v) is 19.0. The van der Waals surface area contributed by atoms with Crippen LogP contribution in [0.4, 0.5) is 0 Å². The molecule has 29 heavy (non-hydrogen) atoms. The molecule has 1 aliphatic rings. The molecule has 0 aromatic rings. The van der Waals surface area contributed by atoms with E-state index in [1.165, 1.54) is 0 Å². The van der Waals surface area contributed by atoms with Crippen LogP contribution in [0.2, 0.25) is 0 Å². The molecule has 0 bridgehead atoms. The first-order valence-corrected chi connectivity index (χ1v) is 11.6. The number of ether oxygens (including phenoxy) is 4. The Bertz CT molecular complexity index is 520. The zero-order valence-electron chi connectivity index (χ0n) is 18.0. The van der Waals surface area contributed by atoms with Crippen molar-refractivity contribution in [2.24, 2.45) is 0 Å². The highest BCUT2D eigenvalue weighted by molar-refractivity contribution is 6.66. The Morgan fingerprint density at radius 2 is 1.38 bits per heavy atom. The van der Waals surface area contributed by atoms with Crippen molar-refractivity contribution in [3.05, 3.63) is 0 Å². The van der Waals surface area contributed by atoms with E-state index in [4.69, 9.17) is 32.2 Å². The second-order valence-corrected chi connectivity index (χ2v) is 8.92. The topological polar surface area (TPSA) is 116 Å². The van der Waals surface area contributed by atoms with Crippen LogP contribution in [-0.4, -0.2) is 57.9 Å². The third-order valence-corrected chi connectivity index (χ3v) is 7.00. The molecular formula is C18H32O10Si. The maximum atomic E-state index is 11.7. The first kappa shape index (κ1) is 25.5. The molecular weight excluding hydrogens is 404 g/mol. The minimum absolute atomic E-state index is 0.223. The Balaban J connectivity index is 3.14. The summed E-state index contributed by atoms with van der Waals surface area (Å²) in [6.07, 6.45) is 0.925. The molecule has 1 aliphatic heterocycles. The van der Waals surface area contributed by atoms with Crippen molar-refractivity contribution in [3.8, 4) is 0 Å². The van der Waals surface area contributed by atoms with E-state index in [1.807, 2.05) is 13.8 Å². The molecule has 0 amide bonds. The molecule has 1 fully saturated rings. The van der Waals surface area contributed by atoms with Gasteiger partial charge in [-0.25, -0.2) is 0 Å². The second-order valence-electron chi connectivity index (χ2n) is 6.46. The standard InChI is InChI=1S/C18H32O10Si/c1-7-16(25-18(9-3)22-11-10-12-23-18)24-17(8-2)29(26-13(4)19,27-14(5)20)28-15(6)21/h16-17H,7-12H2,1-6H3.